The Morgan fingerprint density at radius 3 is 2.08 bits per heavy atom. The topological polar surface area (TPSA) is 99.9 Å². The molecule has 1 aliphatic heterocycles. The molecule has 7 nitrogen and oxygen atoms in total. The van der Waals surface area contributed by atoms with Crippen LogP contribution in [-0.4, -0.2) is 31.0 Å². The van der Waals surface area contributed by atoms with Gasteiger partial charge in [0.2, 0.25) is 0 Å². The van der Waals surface area contributed by atoms with Crippen molar-refractivity contribution in [3.05, 3.63) is 92.5 Å². The zero-order valence-corrected chi connectivity index (χ0v) is 23.5. The van der Waals surface area contributed by atoms with Crippen molar-refractivity contribution in [3.8, 4) is 17.6 Å². The molecule has 3 aromatic carbocycles. The third-order valence-corrected chi connectivity index (χ3v) is 7.23. The molecule has 1 atom stereocenters. The highest BCUT2D eigenvalue weighted by Crippen LogP contribution is 2.48. The Morgan fingerprint density at radius 2 is 1.56 bits per heavy atom. The maximum Gasteiger partial charge on any atom is 0.300 e. The lowest BCUT2D eigenvalue weighted by Crippen LogP contribution is -2.29. The summed E-state index contributed by atoms with van der Waals surface area (Å²) in [5.41, 5.74) is 2.17. The largest absolute Gasteiger partial charge is 0.507 e. The average Bonchev–Trinajstić information content (AvgIpc) is 3.18. The standard InChI is InChI=1S/C30H26Cl2N2O5/c1-30(2,3)18-10-8-17(9-11-18)24-22(25(35)20-14-21(31)28(39-5)23(32)27(20)38-4)26(36)29(37)34(24)19-12-6-16(15-33)7-13-19/h6-14,24,35H,1-5H3/b25-22+. The number of hydrogen-bond acceptors (Lipinski definition) is 6. The van der Waals surface area contributed by atoms with Crippen LogP contribution in [0, 0.1) is 11.3 Å². The fourth-order valence-corrected chi connectivity index (χ4v) is 5.25. The molecular weight excluding hydrogens is 539 g/mol. The van der Waals surface area contributed by atoms with Crippen molar-refractivity contribution < 1.29 is 24.2 Å². The van der Waals surface area contributed by atoms with Gasteiger partial charge in [-0.2, -0.15) is 5.26 Å². The van der Waals surface area contributed by atoms with Crippen molar-refractivity contribution in [2.75, 3.05) is 19.1 Å². The van der Waals surface area contributed by atoms with Gasteiger partial charge >= 0.3 is 0 Å². The Kier molecular flexibility index (Phi) is 7.65. The third-order valence-electron chi connectivity index (χ3n) is 6.61. The van der Waals surface area contributed by atoms with Crippen molar-refractivity contribution in [1.29, 1.82) is 5.26 Å². The van der Waals surface area contributed by atoms with Crippen LogP contribution >= 0.6 is 23.2 Å². The van der Waals surface area contributed by atoms with Crippen LogP contribution in [-0.2, 0) is 15.0 Å². The first-order chi connectivity index (χ1) is 18.4. The van der Waals surface area contributed by atoms with Crippen LogP contribution in [0.5, 0.6) is 11.5 Å². The number of Topliss-reactive ketones (excluding diaryl/α,β-unsaturated/α-hetero) is 1. The molecule has 1 unspecified atom stereocenters. The van der Waals surface area contributed by atoms with E-state index in [0.29, 0.717) is 16.8 Å². The van der Waals surface area contributed by atoms with Crippen LogP contribution in [0.3, 0.4) is 0 Å². The predicted octanol–water partition coefficient (Wildman–Crippen LogP) is 6.81. The number of ether oxygens (including phenoxy) is 2. The van der Waals surface area contributed by atoms with Gasteiger partial charge in [-0.1, -0.05) is 68.2 Å². The lowest BCUT2D eigenvalue weighted by atomic mass is 9.85. The molecule has 0 radical (unpaired) electrons. The van der Waals surface area contributed by atoms with Crippen molar-refractivity contribution in [2.45, 2.75) is 32.2 Å². The van der Waals surface area contributed by atoms with E-state index in [1.807, 2.05) is 30.3 Å². The molecule has 1 amide bonds. The van der Waals surface area contributed by atoms with E-state index in [9.17, 15) is 20.0 Å². The molecule has 1 saturated heterocycles. The second-order valence-electron chi connectivity index (χ2n) is 9.99. The predicted molar refractivity (Wildman–Crippen MR) is 151 cm³/mol. The first kappa shape index (κ1) is 28.0. The second kappa shape index (κ2) is 10.6. The Labute approximate surface area is 236 Å². The number of hydrogen-bond donors (Lipinski definition) is 1. The van der Waals surface area contributed by atoms with Gasteiger partial charge in [0, 0.05) is 5.69 Å². The number of methoxy groups -OCH3 is 2. The highest BCUT2D eigenvalue weighted by atomic mass is 35.5. The zero-order valence-electron chi connectivity index (χ0n) is 22.0. The van der Waals surface area contributed by atoms with Crippen molar-refractivity contribution in [2.24, 2.45) is 0 Å². The van der Waals surface area contributed by atoms with Gasteiger partial charge in [-0.05, 0) is 46.9 Å². The number of nitrogens with zero attached hydrogens (tertiary/aromatic N) is 2. The van der Waals surface area contributed by atoms with Gasteiger partial charge in [0.1, 0.15) is 10.8 Å². The van der Waals surface area contributed by atoms with Gasteiger partial charge < -0.3 is 14.6 Å². The lowest BCUT2D eigenvalue weighted by molar-refractivity contribution is -0.132. The number of carbonyl (C=O) groups excluding carboxylic acids is 2. The van der Waals surface area contributed by atoms with Gasteiger partial charge in [0.25, 0.3) is 11.7 Å². The van der Waals surface area contributed by atoms with Gasteiger partial charge in [0.05, 0.1) is 48.1 Å². The van der Waals surface area contributed by atoms with E-state index in [1.54, 1.807) is 24.3 Å². The van der Waals surface area contributed by atoms with Crippen molar-refractivity contribution in [3.63, 3.8) is 0 Å². The Hall–Kier alpha value is -3.99. The number of nitriles is 1. The molecule has 4 rings (SSSR count). The number of rotatable bonds is 5. The van der Waals surface area contributed by atoms with Gasteiger partial charge in [-0.25, -0.2) is 0 Å². The molecule has 0 aliphatic carbocycles. The lowest BCUT2D eigenvalue weighted by Gasteiger charge is -2.27. The minimum absolute atomic E-state index is 0.00134. The van der Waals surface area contributed by atoms with E-state index in [1.165, 1.54) is 25.2 Å². The van der Waals surface area contributed by atoms with Crippen LogP contribution < -0.4 is 14.4 Å². The summed E-state index contributed by atoms with van der Waals surface area (Å²) in [6.07, 6.45) is 0. The number of carbonyl (C=O) groups is 2. The van der Waals surface area contributed by atoms with E-state index in [4.69, 9.17) is 32.7 Å². The molecule has 0 bridgehead atoms. The minimum atomic E-state index is -0.990. The van der Waals surface area contributed by atoms with Gasteiger partial charge in [-0.3, -0.25) is 14.5 Å². The monoisotopic (exact) mass is 564 g/mol. The maximum absolute atomic E-state index is 13.5. The molecule has 0 saturated carbocycles. The number of aliphatic hydroxyl groups is 1. The molecule has 3 aromatic rings. The number of halogens is 2. The quantitative estimate of drug-likeness (QED) is 0.207. The Morgan fingerprint density at radius 1 is 0.974 bits per heavy atom. The highest BCUT2D eigenvalue weighted by molar-refractivity contribution is 6.52. The van der Waals surface area contributed by atoms with Crippen LogP contribution in [0.25, 0.3) is 5.76 Å². The summed E-state index contributed by atoms with van der Waals surface area (Å²) in [7, 11) is 2.74. The molecule has 1 N–H and O–H groups in total. The van der Waals surface area contributed by atoms with Crippen molar-refractivity contribution >= 4 is 46.3 Å². The summed E-state index contributed by atoms with van der Waals surface area (Å²) in [5.74, 6) is -2.07. The number of amides is 1. The molecule has 1 aliphatic rings. The summed E-state index contributed by atoms with van der Waals surface area (Å²) in [6, 6.07) is 16.2. The summed E-state index contributed by atoms with van der Waals surface area (Å²) in [6.45, 7) is 6.23. The average molecular weight is 565 g/mol. The number of aliphatic hydroxyl groups excluding tert-OH is 1. The molecule has 200 valence electrons. The van der Waals surface area contributed by atoms with Crippen LogP contribution in [0.1, 0.15) is 49.1 Å². The Balaban J connectivity index is 2.00. The van der Waals surface area contributed by atoms with E-state index in [0.717, 1.165) is 5.56 Å². The maximum atomic E-state index is 13.5. The summed E-state index contributed by atoms with van der Waals surface area (Å²) in [4.78, 5) is 28.3. The number of anilines is 1. The van der Waals surface area contributed by atoms with Crippen LogP contribution in [0.4, 0.5) is 5.69 Å². The number of ketones is 1. The summed E-state index contributed by atoms with van der Waals surface area (Å²) < 4.78 is 10.7. The molecular formula is C30H26Cl2N2O5. The van der Waals surface area contributed by atoms with E-state index in [-0.39, 0.29) is 38.1 Å². The second-order valence-corrected chi connectivity index (χ2v) is 10.8. The fourth-order valence-electron chi connectivity index (χ4n) is 4.57. The van der Waals surface area contributed by atoms with E-state index in [2.05, 4.69) is 20.8 Å². The first-order valence-electron chi connectivity index (χ1n) is 12.0. The zero-order chi connectivity index (χ0) is 28.6. The summed E-state index contributed by atoms with van der Waals surface area (Å²) >= 11 is 12.8. The van der Waals surface area contributed by atoms with Gasteiger partial charge in [0.15, 0.2) is 11.5 Å². The smallest absolute Gasteiger partial charge is 0.300 e. The van der Waals surface area contributed by atoms with Crippen LogP contribution in [0.2, 0.25) is 10.0 Å². The van der Waals surface area contributed by atoms with E-state index < -0.39 is 23.5 Å². The van der Waals surface area contributed by atoms with Crippen LogP contribution in [0.15, 0.2) is 60.2 Å². The molecule has 1 heterocycles. The molecule has 0 spiro atoms. The molecule has 39 heavy (non-hydrogen) atoms. The normalized spacial score (nSPS) is 16.8. The number of benzene rings is 3. The molecule has 1 fully saturated rings. The Bertz CT molecular complexity index is 1530. The minimum Gasteiger partial charge on any atom is -0.507 e. The highest BCUT2D eigenvalue weighted by Gasteiger charge is 2.47. The SMILES string of the molecule is COc1c(Cl)cc(/C(O)=C2\C(=O)C(=O)N(c3ccc(C#N)cc3)C2c2ccc(C(C)(C)C)cc2)c(OC)c1Cl. The fraction of sp³-hybridized carbons (Fsp3) is 0.233. The molecule has 0 aromatic heterocycles. The first-order valence-corrected chi connectivity index (χ1v) is 12.7. The molecule has 9 heteroatoms. The van der Waals surface area contributed by atoms with Crippen molar-refractivity contribution in [1.82, 2.24) is 0 Å². The third kappa shape index (κ3) is 4.94. The van der Waals surface area contributed by atoms with Gasteiger partial charge in [-0.15, -0.1) is 0 Å². The summed E-state index contributed by atoms with van der Waals surface area (Å²) in [5, 5.41) is 20.9. The van der Waals surface area contributed by atoms with E-state index >= 15 is 0 Å².